The molecule has 2 aliphatic heterocycles. The number of carbonyl (C=O) groups is 2. The molecule has 0 bridgehead atoms. The zero-order valence-corrected chi connectivity index (χ0v) is 11.3. The molecule has 0 spiro atoms. The van der Waals surface area contributed by atoms with Crippen molar-refractivity contribution in [1.29, 1.82) is 0 Å². The third-order valence-electron chi connectivity index (χ3n) is 3.43. The molecule has 0 aromatic heterocycles. The van der Waals surface area contributed by atoms with Gasteiger partial charge in [0.1, 0.15) is 6.04 Å². The van der Waals surface area contributed by atoms with E-state index in [-0.39, 0.29) is 23.6 Å². The van der Waals surface area contributed by atoms with E-state index in [4.69, 9.17) is 9.84 Å². The Morgan fingerprint density at radius 1 is 1.44 bits per heavy atom. The number of carboxylic acids is 1. The van der Waals surface area contributed by atoms with Crippen LogP contribution in [-0.4, -0.2) is 57.9 Å². The minimum atomic E-state index is -0.947. The first kappa shape index (κ1) is 13.5. The van der Waals surface area contributed by atoms with Gasteiger partial charge >= 0.3 is 12.0 Å². The standard InChI is InChI=1S/C11H18N2O4S/c1-6-8(3-4-17-6)12-11(16)13-7(2)18-5-9(13)10(14)15/h6-9H,3-5H2,1-2H3,(H,12,16)(H,14,15). The second-order valence-corrected chi connectivity index (χ2v) is 5.96. The molecule has 2 heterocycles. The van der Waals surface area contributed by atoms with Crippen molar-refractivity contribution in [3.8, 4) is 0 Å². The summed E-state index contributed by atoms with van der Waals surface area (Å²) in [4.78, 5) is 24.7. The summed E-state index contributed by atoms with van der Waals surface area (Å²) in [6.45, 7) is 4.40. The van der Waals surface area contributed by atoms with Crippen LogP contribution in [0.25, 0.3) is 0 Å². The number of nitrogens with one attached hydrogen (secondary N) is 1. The lowest BCUT2D eigenvalue weighted by Crippen LogP contribution is -2.53. The van der Waals surface area contributed by atoms with Gasteiger partial charge in [-0.15, -0.1) is 11.8 Å². The Kier molecular flexibility index (Phi) is 4.01. The van der Waals surface area contributed by atoms with Crippen LogP contribution in [0.15, 0.2) is 0 Å². The number of nitrogens with zero attached hydrogens (tertiary/aromatic N) is 1. The molecule has 0 saturated carbocycles. The van der Waals surface area contributed by atoms with Gasteiger partial charge in [-0.3, -0.25) is 4.90 Å². The maximum absolute atomic E-state index is 12.2. The molecule has 6 nitrogen and oxygen atoms in total. The van der Waals surface area contributed by atoms with E-state index in [1.54, 1.807) is 0 Å². The largest absolute Gasteiger partial charge is 0.480 e. The van der Waals surface area contributed by atoms with Gasteiger partial charge in [-0.25, -0.2) is 9.59 Å². The summed E-state index contributed by atoms with van der Waals surface area (Å²) in [5.41, 5.74) is 0. The molecule has 0 aromatic carbocycles. The molecule has 2 N–H and O–H groups in total. The van der Waals surface area contributed by atoms with Crippen molar-refractivity contribution in [1.82, 2.24) is 10.2 Å². The fourth-order valence-electron chi connectivity index (χ4n) is 2.30. The summed E-state index contributed by atoms with van der Waals surface area (Å²) in [6.07, 6.45) is 0.766. The first-order valence-electron chi connectivity index (χ1n) is 6.05. The van der Waals surface area contributed by atoms with Crippen molar-refractivity contribution < 1.29 is 19.4 Å². The molecular weight excluding hydrogens is 256 g/mol. The number of amides is 2. The molecule has 7 heteroatoms. The van der Waals surface area contributed by atoms with Gasteiger partial charge in [-0.1, -0.05) is 0 Å². The molecule has 18 heavy (non-hydrogen) atoms. The molecule has 2 amide bonds. The molecule has 2 aliphatic rings. The van der Waals surface area contributed by atoms with Crippen LogP contribution < -0.4 is 5.32 Å². The van der Waals surface area contributed by atoms with Crippen molar-refractivity contribution >= 4 is 23.8 Å². The maximum Gasteiger partial charge on any atom is 0.327 e. The number of urea groups is 1. The average molecular weight is 274 g/mol. The lowest BCUT2D eigenvalue weighted by atomic mass is 10.1. The molecule has 4 atom stereocenters. The van der Waals surface area contributed by atoms with Crippen molar-refractivity contribution in [2.45, 2.75) is 43.8 Å². The summed E-state index contributed by atoms with van der Waals surface area (Å²) < 4.78 is 5.38. The smallest absolute Gasteiger partial charge is 0.327 e. The van der Waals surface area contributed by atoms with Crippen LogP contribution in [0.1, 0.15) is 20.3 Å². The quantitative estimate of drug-likeness (QED) is 0.776. The normalized spacial score (nSPS) is 35.8. The number of hydrogen-bond acceptors (Lipinski definition) is 4. The van der Waals surface area contributed by atoms with E-state index >= 15 is 0 Å². The number of ether oxygens (including phenoxy) is 1. The Balaban J connectivity index is 2.00. The Morgan fingerprint density at radius 2 is 2.17 bits per heavy atom. The number of carboxylic acid groups (broad SMARTS) is 1. The fraction of sp³-hybridized carbons (Fsp3) is 0.818. The molecule has 2 saturated heterocycles. The van der Waals surface area contributed by atoms with Crippen LogP contribution in [0.2, 0.25) is 0 Å². The average Bonchev–Trinajstić information content (AvgIpc) is 2.86. The monoisotopic (exact) mass is 274 g/mol. The van der Waals surface area contributed by atoms with Crippen molar-refractivity contribution in [2.75, 3.05) is 12.4 Å². The van der Waals surface area contributed by atoms with Gasteiger partial charge in [-0.2, -0.15) is 0 Å². The molecule has 0 aromatic rings. The van der Waals surface area contributed by atoms with Gasteiger partial charge < -0.3 is 15.2 Å². The fourth-order valence-corrected chi connectivity index (χ4v) is 3.46. The third kappa shape index (κ3) is 2.56. The summed E-state index contributed by atoms with van der Waals surface area (Å²) in [6, 6.07) is -1.06. The van der Waals surface area contributed by atoms with E-state index in [1.807, 2.05) is 13.8 Å². The predicted octanol–water partition coefficient (Wildman–Crippen LogP) is 0.721. The van der Waals surface area contributed by atoms with Crippen LogP contribution in [-0.2, 0) is 9.53 Å². The number of carbonyl (C=O) groups excluding carboxylic acids is 1. The zero-order valence-electron chi connectivity index (χ0n) is 10.5. The predicted molar refractivity (Wildman–Crippen MR) is 67.5 cm³/mol. The van der Waals surface area contributed by atoms with Gasteiger partial charge in [0.25, 0.3) is 0 Å². The number of hydrogen-bond donors (Lipinski definition) is 2. The molecular formula is C11H18N2O4S. The highest BCUT2D eigenvalue weighted by molar-refractivity contribution is 8.00. The number of rotatable bonds is 2. The Bertz CT molecular complexity index is 352. The second kappa shape index (κ2) is 5.36. The SMILES string of the molecule is CC1OCCC1NC(=O)N1C(C)SCC1C(=O)O. The molecule has 0 radical (unpaired) electrons. The van der Waals surface area contributed by atoms with Crippen LogP contribution in [0, 0.1) is 0 Å². The number of thioether (sulfide) groups is 1. The van der Waals surface area contributed by atoms with Gasteiger partial charge in [0.15, 0.2) is 0 Å². The lowest BCUT2D eigenvalue weighted by Gasteiger charge is -2.27. The topological polar surface area (TPSA) is 78.9 Å². The van der Waals surface area contributed by atoms with Crippen LogP contribution >= 0.6 is 11.8 Å². The highest BCUT2D eigenvalue weighted by Gasteiger charge is 2.40. The van der Waals surface area contributed by atoms with E-state index in [9.17, 15) is 9.59 Å². The summed E-state index contributed by atoms with van der Waals surface area (Å²) in [5.74, 6) is -0.501. The zero-order chi connectivity index (χ0) is 13.3. The summed E-state index contributed by atoms with van der Waals surface area (Å²) in [7, 11) is 0. The molecule has 102 valence electrons. The Morgan fingerprint density at radius 3 is 2.72 bits per heavy atom. The van der Waals surface area contributed by atoms with Gasteiger partial charge in [0, 0.05) is 12.4 Å². The molecule has 2 rings (SSSR count). The molecule has 0 aliphatic carbocycles. The highest BCUT2D eigenvalue weighted by atomic mass is 32.2. The lowest BCUT2D eigenvalue weighted by molar-refractivity contribution is -0.141. The Hall–Kier alpha value is -0.950. The highest BCUT2D eigenvalue weighted by Crippen LogP contribution is 2.29. The van der Waals surface area contributed by atoms with Crippen LogP contribution in [0.4, 0.5) is 4.79 Å². The number of aliphatic carboxylic acids is 1. The summed E-state index contributed by atoms with van der Waals surface area (Å²) >= 11 is 1.48. The van der Waals surface area contributed by atoms with E-state index in [2.05, 4.69) is 5.32 Å². The van der Waals surface area contributed by atoms with Crippen molar-refractivity contribution in [3.63, 3.8) is 0 Å². The second-order valence-electron chi connectivity index (χ2n) is 4.61. The van der Waals surface area contributed by atoms with Gasteiger partial charge in [-0.05, 0) is 20.3 Å². The van der Waals surface area contributed by atoms with Crippen LogP contribution in [0.5, 0.6) is 0 Å². The van der Waals surface area contributed by atoms with Crippen molar-refractivity contribution in [3.05, 3.63) is 0 Å². The molecule has 2 fully saturated rings. The van der Waals surface area contributed by atoms with E-state index in [0.717, 1.165) is 6.42 Å². The first-order chi connectivity index (χ1) is 8.50. The van der Waals surface area contributed by atoms with Gasteiger partial charge in [0.2, 0.25) is 0 Å². The third-order valence-corrected chi connectivity index (χ3v) is 4.65. The Labute approximate surface area is 110 Å². The maximum atomic E-state index is 12.2. The van der Waals surface area contributed by atoms with E-state index < -0.39 is 12.0 Å². The summed E-state index contributed by atoms with van der Waals surface area (Å²) in [5, 5.41) is 11.9. The van der Waals surface area contributed by atoms with E-state index in [0.29, 0.717) is 12.4 Å². The van der Waals surface area contributed by atoms with E-state index in [1.165, 1.54) is 16.7 Å². The minimum absolute atomic E-state index is 0.0113. The molecule has 4 unspecified atom stereocenters. The van der Waals surface area contributed by atoms with Crippen LogP contribution in [0.3, 0.4) is 0 Å². The first-order valence-corrected chi connectivity index (χ1v) is 7.10. The minimum Gasteiger partial charge on any atom is -0.480 e. The van der Waals surface area contributed by atoms with Crippen molar-refractivity contribution in [2.24, 2.45) is 0 Å². The van der Waals surface area contributed by atoms with Gasteiger partial charge in [0.05, 0.1) is 17.5 Å².